The van der Waals surface area contributed by atoms with Crippen molar-refractivity contribution in [3.63, 3.8) is 0 Å². The number of carbonyl (C=O) groups is 1. The molecule has 0 saturated carbocycles. The fourth-order valence-corrected chi connectivity index (χ4v) is 2.17. The molecule has 2 aromatic carbocycles. The first kappa shape index (κ1) is 12.5. The van der Waals surface area contributed by atoms with Crippen LogP contribution in [0.3, 0.4) is 0 Å². The molecule has 1 heterocycles. The van der Waals surface area contributed by atoms with Gasteiger partial charge in [0.15, 0.2) is 6.10 Å². The summed E-state index contributed by atoms with van der Waals surface area (Å²) >= 11 is 0. The van der Waals surface area contributed by atoms with E-state index in [1.165, 1.54) is 6.07 Å². The molecule has 1 aliphatic rings. The number of fused-ring (bicyclic) bond motifs is 1. The average Bonchev–Trinajstić information content (AvgIpc) is 2.42. The van der Waals surface area contributed by atoms with Crippen LogP contribution in [0.2, 0.25) is 0 Å². The molecule has 0 radical (unpaired) electrons. The van der Waals surface area contributed by atoms with Crippen molar-refractivity contribution in [3.05, 3.63) is 53.8 Å². The number of amides is 1. The summed E-state index contributed by atoms with van der Waals surface area (Å²) in [6, 6.07) is 11.4. The second-order valence-electron chi connectivity index (χ2n) is 4.65. The summed E-state index contributed by atoms with van der Waals surface area (Å²) < 4.78 is 19.2. The predicted octanol–water partition coefficient (Wildman–Crippen LogP) is 2.35. The van der Waals surface area contributed by atoms with Gasteiger partial charge in [-0.3, -0.25) is 4.79 Å². The van der Waals surface area contributed by atoms with Gasteiger partial charge < -0.3 is 15.8 Å². The number of benzene rings is 2. The van der Waals surface area contributed by atoms with E-state index >= 15 is 0 Å². The van der Waals surface area contributed by atoms with Crippen LogP contribution in [-0.2, 0) is 11.2 Å². The summed E-state index contributed by atoms with van der Waals surface area (Å²) in [7, 11) is 0. The summed E-state index contributed by atoms with van der Waals surface area (Å²) in [4.78, 5) is 12.0. The Morgan fingerprint density at radius 3 is 2.85 bits per heavy atom. The van der Waals surface area contributed by atoms with E-state index in [9.17, 15) is 9.18 Å². The van der Waals surface area contributed by atoms with Crippen molar-refractivity contribution in [3.8, 4) is 5.75 Å². The van der Waals surface area contributed by atoms with E-state index in [1.54, 1.807) is 36.4 Å². The van der Waals surface area contributed by atoms with Gasteiger partial charge in [-0.25, -0.2) is 4.39 Å². The van der Waals surface area contributed by atoms with Crippen LogP contribution in [0.4, 0.5) is 15.8 Å². The van der Waals surface area contributed by atoms with Crippen LogP contribution in [0.1, 0.15) is 5.56 Å². The van der Waals surface area contributed by atoms with Crippen LogP contribution < -0.4 is 15.8 Å². The molecule has 3 rings (SSSR count). The van der Waals surface area contributed by atoms with Crippen molar-refractivity contribution in [1.82, 2.24) is 0 Å². The lowest BCUT2D eigenvalue weighted by atomic mass is 10.1. The van der Waals surface area contributed by atoms with Crippen LogP contribution in [0.5, 0.6) is 5.75 Å². The fourth-order valence-electron chi connectivity index (χ4n) is 2.17. The molecule has 5 heteroatoms. The predicted molar refractivity (Wildman–Crippen MR) is 74.0 cm³/mol. The molecule has 20 heavy (non-hydrogen) atoms. The van der Waals surface area contributed by atoms with Crippen molar-refractivity contribution >= 4 is 17.3 Å². The Labute approximate surface area is 115 Å². The minimum absolute atomic E-state index is 0.183. The van der Waals surface area contributed by atoms with E-state index in [0.717, 1.165) is 0 Å². The molecule has 102 valence electrons. The maximum absolute atomic E-state index is 13.6. The number of carbonyl (C=O) groups excluding carboxylic acids is 1. The lowest BCUT2D eigenvalue weighted by Crippen LogP contribution is -2.38. The molecule has 0 aliphatic carbocycles. The van der Waals surface area contributed by atoms with E-state index in [4.69, 9.17) is 10.5 Å². The Morgan fingerprint density at radius 2 is 2.05 bits per heavy atom. The van der Waals surface area contributed by atoms with Crippen LogP contribution in [0, 0.1) is 5.82 Å². The minimum Gasteiger partial charge on any atom is -0.478 e. The highest BCUT2D eigenvalue weighted by Crippen LogP contribution is 2.32. The number of hydrogen-bond donors (Lipinski definition) is 2. The number of halogens is 1. The summed E-state index contributed by atoms with van der Waals surface area (Å²) in [5, 5.41) is 2.72. The smallest absolute Gasteiger partial charge is 0.265 e. The normalized spacial score (nSPS) is 17.1. The Kier molecular flexibility index (Phi) is 3.02. The first-order chi connectivity index (χ1) is 9.63. The largest absolute Gasteiger partial charge is 0.478 e. The molecular formula is C15H13FN2O2. The number of ether oxygens (including phenoxy) is 1. The van der Waals surface area contributed by atoms with E-state index in [0.29, 0.717) is 22.7 Å². The Balaban J connectivity index is 1.84. The van der Waals surface area contributed by atoms with Crippen LogP contribution in [0.15, 0.2) is 42.5 Å². The van der Waals surface area contributed by atoms with Gasteiger partial charge >= 0.3 is 0 Å². The van der Waals surface area contributed by atoms with Crippen molar-refractivity contribution in [2.24, 2.45) is 0 Å². The lowest BCUT2D eigenvalue weighted by molar-refractivity contribution is -0.123. The third-order valence-corrected chi connectivity index (χ3v) is 3.19. The highest BCUT2D eigenvalue weighted by molar-refractivity contribution is 5.98. The zero-order valence-corrected chi connectivity index (χ0v) is 10.6. The molecule has 1 unspecified atom stereocenters. The van der Waals surface area contributed by atoms with Gasteiger partial charge in [-0.15, -0.1) is 0 Å². The van der Waals surface area contributed by atoms with Gasteiger partial charge in [-0.05, 0) is 29.8 Å². The molecule has 0 saturated heterocycles. The van der Waals surface area contributed by atoms with Crippen molar-refractivity contribution < 1.29 is 13.9 Å². The van der Waals surface area contributed by atoms with E-state index in [-0.39, 0.29) is 18.1 Å². The Morgan fingerprint density at radius 1 is 1.25 bits per heavy atom. The number of nitrogens with two attached hydrogens (primary N) is 1. The summed E-state index contributed by atoms with van der Waals surface area (Å²) in [6.45, 7) is 0. The van der Waals surface area contributed by atoms with Crippen LogP contribution in [-0.4, -0.2) is 12.0 Å². The molecule has 3 N–H and O–H groups in total. The number of nitrogens with one attached hydrogen (secondary N) is 1. The number of hydrogen-bond acceptors (Lipinski definition) is 3. The first-order valence-corrected chi connectivity index (χ1v) is 6.24. The van der Waals surface area contributed by atoms with Crippen molar-refractivity contribution in [2.75, 3.05) is 11.1 Å². The van der Waals surface area contributed by atoms with Gasteiger partial charge in [0, 0.05) is 12.1 Å². The molecule has 1 amide bonds. The molecule has 1 aliphatic heterocycles. The minimum atomic E-state index is -0.747. The second kappa shape index (κ2) is 4.85. The summed E-state index contributed by atoms with van der Waals surface area (Å²) in [5.41, 5.74) is 7.18. The van der Waals surface area contributed by atoms with Gasteiger partial charge in [0.25, 0.3) is 5.91 Å². The SMILES string of the molecule is Nc1ccc2c(c1)NC(=O)C(Cc1ccccc1F)O2. The number of rotatable bonds is 2. The summed E-state index contributed by atoms with van der Waals surface area (Å²) in [6.07, 6.45) is -0.564. The maximum Gasteiger partial charge on any atom is 0.265 e. The molecule has 0 bridgehead atoms. The maximum atomic E-state index is 13.6. The third-order valence-electron chi connectivity index (χ3n) is 3.19. The van der Waals surface area contributed by atoms with Crippen LogP contribution in [0.25, 0.3) is 0 Å². The molecular weight excluding hydrogens is 259 g/mol. The van der Waals surface area contributed by atoms with Gasteiger partial charge in [0.1, 0.15) is 11.6 Å². The van der Waals surface area contributed by atoms with Gasteiger partial charge in [-0.1, -0.05) is 18.2 Å². The van der Waals surface area contributed by atoms with Gasteiger partial charge in [-0.2, -0.15) is 0 Å². The molecule has 1 atom stereocenters. The van der Waals surface area contributed by atoms with Crippen LogP contribution >= 0.6 is 0 Å². The van der Waals surface area contributed by atoms with Crippen molar-refractivity contribution in [2.45, 2.75) is 12.5 Å². The monoisotopic (exact) mass is 272 g/mol. The lowest BCUT2D eigenvalue weighted by Gasteiger charge is -2.26. The highest BCUT2D eigenvalue weighted by Gasteiger charge is 2.28. The third kappa shape index (κ3) is 2.30. The average molecular weight is 272 g/mol. The zero-order chi connectivity index (χ0) is 14.1. The topological polar surface area (TPSA) is 64.3 Å². The Bertz CT molecular complexity index is 673. The van der Waals surface area contributed by atoms with Gasteiger partial charge in [0.2, 0.25) is 0 Å². The molecule has 0 aromatic heterocycles. The van der Waals surface area contributed by atoms with Gasteiger partial charge in [0.05, 0.1) is 5.69 Å². The quantitative estimate of drug-likeness (QED) is 0.825. The standard InChI is InChI=1S/C15H13FN2O2/c16-11-4-2-1-3-9(11)7-14-15(19)18-12-8-10(17)5-6-13(12)20-14/h1-6,8,14H,7,17H2,(H,18,19). The van der Waals surface area contributed by atoms with E-state index in [1.807, 2.05) is 0 Å². The zero-order valence-electron chi connectivity index (χ0n) is 10.6. The van der Waals surface area contributed by atoms with E-state index in [2.05, 4.69) is 5.32 Å². The molecule has 2 aromatic rings. The molecule has 0 fully saturated rings. The first-order valence-electron chi connectivity index (χ1n) is 6.24. The number of nitrogen functional groups attached to an aromatic ring is 1. The van der Waals surface area contributed by atoms with E-state index < -0.39 is 6.10 Å². The van der Waals surface area contributed by atoms with Crippen molar-refractivity contribution in [1.29, 1.82) is 0 Å². The summed E-state index contributed by atoms with van der Waals surface area (Å²) in [5.74, 6) is -0.0986. The fraction of sp³-hybridized carbons (Fsp3) is 0.133. The highest BCUT2D eigenvalue weighted by atomic mass is 19.1. The molecule has 0 spiro atoms. The number of anilines is 2. The second-order valence-corrected chi connectivity index (χ2v) is 4.65. The Hall–Kier alpha value is -2.56. The molecule has 4 nitrogen and oxygen atoms in total.